The molecule has 0 spiro atoms. The van der Waals surface area contributed by atoms with E-state index in [1.807, 2.05) is 0 Å². The summed E-state index contributed by atoms with van der Waals surface area (Å²) in [4.78, 5) is 0. The number of rotatable bonds is 1. The predicted octanol–water partition coefficient (Wildman–Crippen LogP) is 3.29. The van der Waals surface area contributed by atoms with E-state index in [1.165, 1.54) is 32.1 Å². The zero-order valence-corrected chi connectivity index (χ0v) is 9.13. The van der Waals surface area contributed by atoms with E-state index in [1.54, 1.807) is 6.20 Å². The first-order chi connectivity index (χ1) is 6.36. The average molecular weight is 241 g/mol. The van der Waals surface area contributed by atoms with Gasteiger partial charge in [0.2, 0.25) is 0 Å². The standard InChI is InChI=1S/C10H13BrN2/c11-9-6-10(13-12-7-9)8-4-2-1-3-5-8/h6-8H,1-5H2. The zero-order chi connectivity index (χ0) is 9.10. The van der Waals surface area contributed by atoms with Gasteiger partial charge in [0, 0.05) is 10.4 Å². The third-order valence-corrected chi connectivity index (χ3v) is 3.10. The fourth-order valence-corrected chi connectivity index (χ4v) is 2.28. The van der Waals surface area contributed by atoms with E-state index in [9.17, 15) is 0 Å². The smallest absolute Gasteiger partial charge is 0.0673 e. The summed E-state index contributed by atoms with van der Waals surface area (Å²) in [7, 11) is 0. The normalized spacial score (nSPS) is 18.8. The minimum atomic E-state index is 0.652. The molecule has 1 aliphatic rings. The minimum Gasteiger partial charge on any atom is -0.158 e. The molecule has 0 N–H and O–H groups in total. The van der Waals surface area contributed by atoms with Crippen LogP contribution in [0.2, 0.25) is 0 Å². The molecule has 3 heteroatoms. The van der Waals surface area contributed by atoms with Crippen molar-refractivity contribution in [3.05, 3.63) is 22.4 Å². The summed E-state index contributed by atoms with van der Waals surface area (Å²) in [5.74, 6) is 0.652. The summed E-state index contributed by atoms with van der Waals surface area (Å²) in [6.45, 7) is 0. The Balaban J connectivity index is 2.14. The van der Waals surface area contributed by atoms with Crippen molar-refractivity contribution in [3.8, 4) is 0 Å². The van der Waals surface area contributed by atoms with Gasteiger partial charge < -0.3 is 0 Å². The van der Waals surface area contributed by atoms with Crippen molar-refractivity contribution in [2.24, 2.45) is 0 Å². The fourth-order valence-electron chi connectivity index (χ4n) is 1.96. The maximum absolute atomic E-state index is 4.18. The van der Waals surface area contributed by atoms with Crippen LogP contribution in [0.15, 0.2) is 16.7 Å². The topological polar surface area (TPSA) is 25.8 Å². The molecule has 0 aliphatic heterocycles. The highest BCUT2D eigenvalue weighted by molar-refractivity contribution is 9.10. The van der Waals surface area contributed by atoms with Crippen LogP contribution in [0.5, 0.6) is 0 Å². The van der Waals surface area contributed by atoms with Crippen LogP contribution < -0.4 is 0 Å². The Labute approximate surface area is 86.9 Å². The van der Waals surface area contributed by atoms with Gasteiger partial charge in [-0.15, -0.1) is 0 Å². The van der Waals surface area contributed by atoms with Gasteiger partial charge in [-0.3, -0.25) is 0 Å². The van der Waals surface area contributed by atoms with E-state index in [2.05, 4.69) is 32.2 Å². The van der Waals surface area contributed by atoms with Crippen molar-refractivity contribution in [1.29, 1.82) is 0 Å². The Morgan fingerprint density at radius 2 is 2.00 bits per heavy atom. The molecule has 0 saturated heterocycles. The van der Waals surface area contributed by atoms with Crippen molar-refractivity contribution in [2.45, 2.75) is 38.0 Å². The second kappa shape index (κ2) is 4.18. The van der Waals surface area contributed by atoms with Crippen molar-refractivity contribution in [3.63, 3.8) is 0 Å². The molecular formula is C10H13BrN2. The molecule has 1 aromatic heterocycles. The lowest BCUT2D eigenvalue weighted by atomic mass is 9.87. The molecule has 0 unspecified atom stereocenters. The first-order valence-electron chi connectivity index (χ1n) is 4.84. The van der Waals surface area contributed by atoms with E-state index in [0.29, 0.717) is 5.92 Å². The molecule has 70 valence electrons. The summed E-state index contributed by atoms with van der Waals surface area (Å²) in [5, 5.41) is 8.15. The van der Waals surface area contributed by atoms with E-state index < -0.39 is 0 Å². The second-order valence-electron chi connectivity index (χ2n) is 3.63. The minimum absolute atomic E-state index is 0.652. The Bertz CT molecular complexity index is 282. The van der Waals surface area contributed by atoms with Crippen LogP contribution in [0.25, 0.3) is 0 Å². The summed E-state index contributed by atoms with van der Waals surface area (Å²) in [6, 6.07) is 2.10. The van der Waals surface area contributed by atoms with Gasteiger partial charge in [-0.2, -0.15) is 10.2 Å². The van der Waals surface area contributed by atoms with Gasteiger partial charge in [0.05, 0.1) is 11.9 Å². The molecule has 0 bridgehead atoms. The average Bonchev–Trinajstić information content (AvgIpc) is 2.19. The molecule has 0 atom stereocenters. The summed E-state index contributed by atoms with van der Waals surface area (Å²) >= 11 is 3.43. The van der Waals surface area contributed by atoms with E-state index in [4.69, 9.17) is 0 Å². The summed E-state index contributed by atoms with van der Waals surface area (Å²) in [5.41, 5.74) is 1.16. The zero-order valence-electron chi connectivity index (χ0n) is 7.54. The summed E-state index contributed by atoms with van der Waals surface area (Å²) in [6.07, 6.45) is 8.39. The van der Waals surface area contributed by atoms with E-state index in [-0.39, 0.29) is 0 Å². The number of hydrogen-bond donors (Lipinski definition) is 0. The first kappa shape index (κ1) is 9.13. The van der Waals surface area contributed by atoms with Gasteiger partial charge in [0.25, 0.3) is 0 Å². The van der Waals surface area contributed by atoms with Crippen molar-refractivity contribution >= 4 is 15.9 Å². The van der Waals surface area contributed by atoms with Crippen molar-refractivity contribution < 1.29 is 0 Å². The molecule has 13 heavy (non-hydrogen) atoms. The largest absolute Gasteiger partial charge is 0.158 e. The number of aromatic nitrogens is 2. The molecule has 1 aromatic rings. The summed E-state index contributed by atoms with van der Waals surface area (Å²) < 4.78 is 1.04. The molecule has 1 heterocycles. The monoisotopic (exact) mass is 240 g/mol. The van der Waals surface area contributed by atoms with Crippen LogP contribution in [0.3, 0.4) is 0 Å². The Morgan fingerprint density at radius 1 is 1.23 bits per heavy atom. The first-order valence-corrected chi connectivity index (χ1v) is 5.63. The van der Waals surface area contributed by atoms with Gasteiger partial charge in [0.1, 0.15) is 0 Å². The van der Waals surface area contributed by atoms with E-state index >= 15 is 0 Å². The third-order valence-electron chi connectivity index (χ3n) is 2.66. The predicted molar refractivity (Wildman–Crippen MR) is 55.6 cm³/mol. The molecule has 1 aliphatic carbocycles. The fraction of sp³-hybridized carbons (Fsp3) is 0.600. The lowest BCUT2D eigenvalue weighted by Crippen LogP contribution is -2.07. The highest BCUT2D eigenvalue weighted by Gasteiger charge is 2.16. The molecule has 0 aromatic carbocycles. The molecular weight excluding hydrogens is 228 g/mol. The maximum Gasteiger partial charge on any atom is 0.0673 e. The molecule has 0 radical (unpaired) electrons. The number of hydrogen-bond acceptors (Lipinski definition) is 2. The van der Waals surface area contributed by atoms with Crippen LogP contribution in [0, 0.1) is 0 Å². The molecule has 2 nitrogen and oxygen atoms in total. The van der Waals surface area contributed by atoms with Crippen molar-refractivity contribution in [2.75, 3.05) is 0 Å². The SMILES string of the molecule is Brc1cnnc(C2CCCCC2)c1. The highest BCUT2D eigenvalue weighted by atomic mass is 79.9. The van der Waals surface area contributed by atoms with Gasteiger partial charge in [-0.1, -0.05) is 19.3 Å². The third kappa shape index (κ3) is 2.27. The van der Waals surface area contributed by atoms with Crippen LogP contribution in [0.1, 0.15) is 43.7 Å². The number of halogens is 1. The van der Waals surface area contributed by atoms with Crippen molar-refractivity contribution in [1.82, 2.24) is 10.2 Å². The van der Waals surface area contributed by atoms with Gasteiger partial charge in [-0.05, 0) is 34.8 Å². The van der Waals surface area contributed by atoms with Gasteiger partial charge in [0.15, 0.2) is 0 Å². The maximum atomic E-state index is 4.18. The van der Waals surface area contributed by atoms with Crippen LogP contribution in [0.4, 0.5) is 0 Å². The number of nitrogens with zero attached hydrogens (tertiary/aromatic N) is 2. The molecule has 2 rings (SSSR count). The Morgan fingerprint density at radius 3 is 2.69 bits per heavy atom. The molecule has 0 amide bonds. The van der Waals surface area contributed by atoms with E-state index in [0.717, 1.165) is 10.2 Å². The molecule has 1 saturated carbocycles. The molecule has 1 fully saturated rings. The van der Waals surface area contributed by atoms with Crippen LogP contribution in [-0.4, -0.2) is 10.2 Å². The second-order valence-corrected chi connectivity index (χ2v) is 4.55. The van der Waals surface area contributed by atoms with Crippen LogP contribution in [-0.2, 0) is 0 Å². The Hall–Kier alpha value is -0.440. The lowest BCUT2D eigenvalue weighted by molar-refractivity contribution is 0.434. The van der Waals surface area contributed by atoms with Gasteiger partial charge in [-0.25, -0.2) is 0 Å². The lowest BCUT2D eigenvalue weighted by Gasteiger charge is -2.20. The van der Waals surface area contributed by atoms with Crippen LogP contribution >= 0.6 is 15.9 Å². The van der Waals surface area contributed by atoms with Gasteiger partial charge >= 0.3 is 0 Å². The highest BCUT2D eigenvalue weighted by Crippen LogP contribution is 2.31. The Kier molecular flexibility index (Phi) is 2.94. The quantitative estimate of drug-likeness (QED) is 0.753.